The SMILES string of the molecule is CN=NC1CC(C)C[Si]1(C)C. The first kappa shape index (κ1) is 8.91. The first-order valence-electron chi connectivity index (χ1n) is 4.35. The largest absolute Gasteiger partial charge is 0.198 e. The molecule has 0 bridgehead atoms. The highest BCUT2D eigenvalue weighted by Gasteiger charge is 2.40. The molecule has 0 aliphatic carbocycles. The maximum absolute atomic E-state index is 4.31. The lowest BCUT2D eigenvalue weighted by molar-refractivity contribution is 0.601. The second kappa shape index (κ2) is 3.05. The highest BCUT2D eigenvalue weighted by atomic mass is 28.3. The van der Waals surface area contributed by atoms with Crippen LogP contribution in [0.2, 0.25) is 19.1 Å². The molecule has 0 amide bonds. The van der Waals surface area contributed by atoms with Gasteiger partial charge < -0.3 is 0 Å². The summed E-state index contributed by atoms with van der Waals surface area (Å²) < 4.78 is 0. The standard InChI is InChI=1S/C8H18N2Si/c1-7-5-8(10-9-2)11(3,4)6-7/h7-8H,5-6H2,1-4H3. The van der Waals surface area contributed by atoms with Crippen LogP contribution in [0.25, 0.3) is 0 Å². The topological polar surface area (TPSA) is 24.7 Å². The van der Waals surface area contributed by atoms with Crippen LogP contribution in [0.1, 0.15) is 13.3 Å². The summed E-state index contributed by atoms with van der Waals surface area (Å²) >= 11 is 0. The molecule has 1 heterocycles. The van der Waals surface area contributed by atoms with Gasteiger partial charge >= 0.3 is 0 Å². The summed E-state index contributed by atoms with van der Waals surface area (Å²) in [7, 11) is 0.771. The lowest BCUT2D eigenvalue weighted by Gasteiger charge is -2.19. The molecule has 2 atom stereocenters. The molecule has 0 N–H and O–H groups in total. The van der Waals surface area contributed by atoms with E-state index < -0.39 is 8.07 Å². The maximum atomic E-state index is 4.31. The fourth-order valence-corrected chi connectivity index (χ4v) is 5.86. The molecule has 0 radical (unpaired) electrons. The Hall–Kier alpha value is -0.183. The maximum Gasteiger partial charge on any atom is 0.0789 e. The lowest BCUT2D eigenvalue weighted by Crippen LogP contribution is -2.34. The summed E-state index contributed by atoms with van der Waals surface area (Å²) in [6.45, 7) is 7.19. The fraction of sp³-hybridized carbons (Fsp3) is 1.00. The third kappa shape index (κ3) is 1.89. The van der Waals surface area contributed by atoms with Gasteiger partial charge in [0, 0.05) is 7.05 Å². The Morgan fingerprint density at radius 3 is 2.36 bits per heavy atom. The Bertz CT molecular complexity index is 165. The monoisotopic (exact) mass is 170 g/mol. The van der Waals surface area contributed by atoms with E-state index in [0.29, 0.717) is 5.67 Å². The molecule has 0 spiro atoms. The van der Waals surface area contributed by atoms with Gasteiger partial charge in [-0.05, 0) is 12.3 Å². The smallest absolute Gasteiger partial charge is 0.0789 e. The van der Waals surface area contributed by atoms with Crippen LogP contribution in [0.15, 0.2) is 10.2 Å². The third-order valence-corrected chi connectivity index (χ3v) is 6.56. The van der Waals surface area contributed by atoms with E-state index in [4.69, 9.17) is 0 Å². The van der Waals surface area contributed by atoms with E-state index in [2.05, 4.69) is 30.2 Å². The van der Waals surface area contributed by atoms with Gasteiger partial charge in [-0.25, -0.2) is 0 Å². The van der Waals surface area contributed by atoms with Crippen molar-refractivity contribution in [1.29, 1.82) is 0 Å². The van der Waals surface area contributed by atoms with Crippen molar-refractivity contribution in [1.82, 2.24) is 0 Å². The molecule has 0 saturated carbocycles. The fourth-order valence-electron chi connectivity index (χ4n) is 2.16. The first-order chi connectivity index (χ1) is 5.06. The quantitative estimate of drug-likeness (QED) is 0.427. The molecule has 64 valence electrons. The molecular weight excluding hydrogens is 152 g/mol. The van der Waals surface area contributed by atoms with E-state index in [1.165, 1.54) is 12.5 Å². The van der Waals surface area contributed by atoms with E-state index in [1.54, 1.807) is 7.05 Å². The number of rotatable bonds is 1. The van der Waals surface area contributed by atoms with Crippen molar-refractivity contribution in [2.45, 2.75) is 38.1 Å². The molecule has 0 aromatic rings. The minimum Gasteiger partial charge on any atom is -0.198 e. The van der Waals surface area contributed by atoms with Crippen molar-refractivity contribution >= 4 is 8.07 Å². The van der Waals surface area contributed by atoms with Gasteiger partial charge in [0.25, 0.3) is 0 Å². The van der Waals surface area contributed by atoms with Gasteiger partial charge in [-0.1, -0.05) is 26.1 Å². The summed E-state index contributed by atoms with van der Waals surface area (Å²) in [6.07, 6.45) is 1.27. The summed E-state index contributed by atoms with van der Waals surface area (Å²) in [6, 6.07) is 1.43. The van der Waals surface area contributed by atoms with Crippen molar-refractivity contribution < 1.29 is 0 Å². The van der Waals surface area contributed by atoms with Gasteiger partial charge in [0.15, 0.2) is 0 Å². The van der Waals surface area contributed by atoms with Crippen molar-refractivity contribution in [3.8, 4) is 0 Å². The van der Waals surface area contributed by atoms with E-state index in [-0.39, 0.29) is 0 Å². The summed E-state index contributed by atoms with van der Waals surface area (Å²) in [5.41, 5.74) is 0.600. The highest BCUT2D eigenvalue weighted by molar-refractivity contribution is 6.79. The normalized spacial score (nSPS) is 36.7. The Kier molecular flexibility index (Phi) is 2.47. The average Bonchev–Trinajstić information content (AvgIpc) is 2.07. The van der Waals surface area contributed by atoms with Crippen LogP contribution in [0.4, 0.5) is 0 Å². The molecule has 1 rings (SSSR count). The Labute approximate surface area is 70.1 Å². The molecular formula is C8H18N2Si. The van der Waals surface area contributed by atoms with E-state index in [9.17, 15) is 0 Å². The second-order valence-corrected chi connectivity index (χ2v) is 9.42. The zero-order valence-electron chi connectivity index (χ0n) is 7.96. The molecule has 2 nitrogen and oxygen atoms in total. The molecule has 0 aromatic heterocycles. The molecule has 11 heavy (non-hydrogen) atoms. The second-order valence-electron chi connectivity index (χ2n) is 4.36. The molecule has 1 fully saturated rings. The van der Waals surface area contributed by atoms with Crippen molar-refractivity contribution in [2.24, 2.45) is 16.1 Å². The molecule has 3 heteroatoms. The van der Waals surface area contributed by atoms with Crippen molar-refractivity contribution in [3.05, 3.63) is 0 Å². The van der Waals surface area contributed by atoms with Gasteiger partial charge in [0.05, 0.1) is 13.7 Å². The van der Waals surface area contributed by atoms with E-state index in [1.807, 2.05) is 0 Å². The number of azo groups is 1. The average molecular weight is 170 g/mol. The van der Waals surface area contributed by atoms with Crippen molar-refractivity contribution in [2.75, 3.05) is 7.05 Å². The Balaban J connectivity index is 2.66. The van der Waals surface area contributed by atoms with Crippen LogP contribution in [0.5, 0.6) is 0 Å². The van der Waals surface area contributed by atoms with Gasteiger partial charge in [0.1, 0.15) is 0 Å². The van der Waals surface area contributed by atoms with Gasteiger partial charge in [0.2, 0.25) is 0 Å². The van der Waals surface area contributed by atoms with Crippen molar-refractivity contribution in [3.63, 3.8) is 0 Å². The summed E-state index contributed by atoms with van der Waals surface area (Å²) in [4.78, 5) is 0. The predicted octanol–water partition coefficient (Wildman–Crippen LogP) is 2.72. The summed E-state index contributed by atoms with van der Waals surface area (Å²) in [5, 5.41) is 8.22. The molecule has 0 aromatic carbocycles. The zero-order valence-corrected chi connectivity index (χ0v) is 8.96. The van der Waals surface area contributed by atoms with Crippen LogP contribution in [0.3, 0.4) is 0 Å². The predicted molar refractivity (Wildman–Crippen MR) is 50.6 cm³/mol. The van der Waals surface area contributed by atoms with Gasteiger partial charge in [-0.2, -0.15) is 10.2 Å². The Morgan fingerprint density at radius 2 is 2.00 bits per heavy atom. The molecule has 1 aliphatic rings. The first-order valence-corrected chi connectivity index (χ1v) is 7.63. The number of hydrogen-bond donors (Lipinski definition) is 0. The van der Waals surface area contributed by atoms with Crippen LogP contribution in [-0.2, 0) is 0 Å². The third-order valence-electron chi connectivity index (χ3n) is 2.66. The lowest BCUT2D eigenvalue weighted by atomic mass is 10.1. The minimum atomic E-state index is -1.01. The van der Waals surface area contributed by atoms with Crippen LogP contribution in [-0.4, -0.2) is 20.8 Å². The van der Waals surface area contributed by atoms with E-state index >= 15 is 0 Å². The number of hydrogen-bond acceptors (Lipinski definition) is 2. The number of nitrogens with zero attached hydrogens (tertiary/aromatic N) is 2. The Morgan fingerprint density at radius 1 is 1.36 bits per heavy atom. The molecule has 2 unspecified atom stereocenters. The summed E-state index contributed by atoms with van der Waals surface area (Å²) in [5.74, 6) is 0.882. The zero-order chi connectivity index (χ0) is 8.48. The van der Waals surface area contributed by atoms with Crippen LogP contribution >= 0.6 is 0 Å². The molecule has 1 saturated heterocycles. The van der Waals surface area contributed by atoms with E-state index in [0.717, 1.165) is 5.92 Å². The van der Waals surface area contributed by atoms with Crippen LogP contribution in [0, 0.1) is 5.92 Å². The molecule has 1 aliphatic heterocycles. The van der Waals surface area contributed by atoms with Gasteiger partial charge in [-0.15, -0.1) is 0 Å². The highest BCUT2D eigenvalue weighted by Crippen LogP contribution is 2.35. The van der Waals surface area contributed by atoms with Gasteiger partial charge in [-0.3, -0.25) is 0 Å². The van der Waals surface area contributed by atoms with Crippen LogP contribution < -0.4 is 0 Å². The minimum absolute atomic E-state index is 0.600.